The first-order valence-electron chi connectivity index (χ1n) is 9.46. The lowest BCUT2D eigenvalue weighted by Gasteiger charge is -2.41. The third kappa shape index (κ3) is 3.48. The number of hydrogen-bond donors (Lipinski definition) is 0. The van der Waals surface area contributed by atoms with Gasteiger partial charge in [0.05, 0.1) is 12.5 Å². The van der Waals surface area contributed by atoms with E-state index < -0.39 is 0 Å². The summed E-state index contributed by atoms with van der Waals surface area (Å²) in [7, 11) is 0. The van der Waals surface area contributed by atoms with E-state index in [4.69, 9.17) is 14.2 Å². The van der Waals surface area contributed by atoms with Crippen LogP contribution in [0.2, 0.25) is 0 Å². The van der Waals surface area contributed by atoms with Crippen LogP contribution in [0.3, 0.4) is 0 Å². The number of nitrogens with zero attached hydrogens (tertiary/aromatic N) is 3. The van der Waals surface area contributed by atoms with E-state index in [0.717, 1.165) is 19.7 Å². The molecule has 2 saturated heterocycles. The number of morpholine rings is 1. The first kappa shape index (κ1) is 16.7. The number of aromatic nitrogens is 2. The van der Waals surface area contributed by atoms with Crippen LogP contribution >= 0.6 is 0 Å². The van der Waals surface area contributed by atoms with Gasteiger partial charge in [-0.1, -0.05) is 55.8 Å². The molecule has 5 nitrogen and oxygen atoms in total. The van der Waals surface area contributed by atoms with E-state index in [1.165, 1.54) is 24.8 Å². The molecular weight excluding hydrogens is 314 g/mol. The highest BCUT2D eigenvalue weighted by Crippen LogP contribution is 2.33. The fraction of sp³-hybridized carbons (Fsp3) is 0.600. The van der Waals surface area contributed by atoms with Gasteiger partial charge in [-0.3, -0.25) is 4.90 Å². The maximum Gasteiger partial charge on any atom is 0.234 e. The molecule has 0 radical (unpaired) electrons. The molecule has 1 aromatic heterocycles. The predicted octanol–water partition coefficient (Wildman–Crippen LogP) is 3.78. The maximum absolute atomic E-state index is 6.07. The van der Waals surface area contributed by atoms with Crippen molar-refractivity contribution >= 4 is 0 Å². The Kier molecular flexibility index (Phi) is 4.86. The van der Waals surface area contributed by atoms with Gasteiger partial charge in [-0.05, 0) is 30.9 Å². The van der Waals surface area contributed by atoms with E-state index in [2.05, 4.69) is 48.2 Å². The molecule has 5 heteroatoms. The van der Waals surface area contributed by atoms with Gasteiger partial charge in [-0.25, -0.2) is 0 Å². The van der Waals surface area contributed by atoms with Crippen molar-refractivity contribution < 1.29 is 9.26 Å². The lowest BCUT2D eigenvalue weighted by molar-refractivity contribution is -0.0805. The molecule has 3 atom stereocenters. The van der Waals surface area contributed by atoms with Gasteiger partial charge in [-0.15, -0.1) is 0 Å². The van der Waals surface area contributed by atoms with Gasteiger partial charge in [0.1, 0.15) is 6.10 Å². The van der Waals surface area contributed by atoms with E-state index in [1.807, 2.05) is 6.07 Å². The topological polar surface area (TPSA) is 51.4 Å². The average molecular weight is 341 g/mol. The molecule has 0 spiro atoms. The van der Waals surface area contributed by atoms with Crippen molar-refractivity contribution in [2.24, 2.45) is 5.92 Å². The Labute approximate surface area is 149 Å². The Morgan fingerprint density at radius 2 is 2.00 bits per heavy atom. The summed E-state index contributed by atoms with van der Waals surface area (Å²) in [6.45, 7) is 7.20. The van der Waals surface area contributed by atoms with Crippen molar-refractivity contribution in [3.05, 3.63) is 47.6 Å². The maximum atomic E-state index is 6.07. The molecule has 2 aliphatic rings. The molecule has 2 aliphatic heterocycles. The molecule has 0 bridgehead atoms. The summed E-state index contributed by atoms with van der Waals surface area (Å²) in [5.41, 5.74) is 1.22. The van der Waals surface area contributed by atoms with Crippen molar-refractivity contribution in [3.63, 3.8) is 0 Å². The van der Waals surface area contributed by atoms with Gasteiger partial charge in [0.25, 0.3) is 0 Å². The molecule has 25 heavy (non-hydrogen) atoms. The Morgan fingerprint density at radius 3 is 2.80 bits per heavy atom. The van der Waals surface area contributed by atoms with Crippen LogP contribution in [0.15, 0.2) is 34.9 Å². The zero-order valence-electron chi connectivity index (χ0n) is 15.1. The third-order valence-electron chi connectivity index (χ3n) is 5.48. The zero-order valence-corrected chi connectivity index (χ0v) is 15.1. The van der Waals surface area contributed by atoms with E-state index in [0.29, 0.717) is 23.7 Å². The van der Waals surface area contributed by atoms with Crippen LogP contribution < -0.4 is 0 Å². The van der Waals surface area contributed by atoms with Crippen molar-refractivity contribution in [1.82, 2.24) is 15.0 Å². The molecule has 0 amide bonds. The van der Waals surface area contributed by atoms with Crippen molar-refractivity contribution in [2.45, 2.75) is 51.2 Å². The molecule has 0 saturated carbocycles. The summed E-state index contributed by atoms with van der Waals surface area (Å²) in [6.07, 6.45) is 3.77. The second kappa shape index (κ2) is 7.26. The van der Waals surface area contributed by atoms with Crippen LogP contribution in [0.4, 0.5) is 0 Å². The minimum Gasteiger partial charge on any atom is -0.367 e. The normalized spacial score (nSPS) is 25.7. The van der Waals surface area contributed by atoms with Gasteiger partial charge in [0.15, 0.2) is 0 Å². The second-order valence-corrected chi connectivity index (χ2v) is 7.59. The Morgan fingerprint density at radius 1 is 1.16 bits per heavy atom. The summed E-state index contributed by atoms with van der Waals surface area (Å²) in [6, 6.07) is 11.0. The Balaban J connectivity index is 1.53. The lowest BCUT2D eigenvalue weighted by Crippen LogP contribution is -2.49. The largest absolute Gasteiger partial charge is 0.367 e. The van der Waals surface area contributed by atoms with Crippen LogP contribution in [0, 0.1) is 5.92 Å². The SMILES string of the molecule is CC(C)C(c1ccccc1)c1nc(C2CN3CCCCC3CO2)no1. The second-order valence-electron chi connectivity index (χ2n) is 7.59. The van der Waals surface area contributed by atoms with Crippen molar-refractivity contribution in [3.8, 4) is 0 Å². The van der Waals surface area contributed by atoms with Gasteiger partial charge in [0.2, 0.25) is 11.7 Å². The zero-order chi connectivity index (χ0) is 17.2. The molecular formula is C20H27N3O2. The van der Waals surface area contributed by atoms with E-state index in [-0.39, 0.29) is 12.0 Å². The van der Waals surface area contributed by atoms with Crippen molar-refractivity contribution in [2.75, 3.05) is 19.7 Å². The quantitative estimate of drug-likeness (QED) is 0.847. The number of hydrogen-bond acceptors (Lipinski definition) is 5. The Hall–Kier alpha value is -1.72. The summed E-state index contributed by atoms with van der Waals surface area (Å²) in [5, 5.41) is 4.27. The smallest absolute Gasteiger partial charge is 0.234 e. The minimum absolute atomic E-state index is 0.0737. The van der Waals surface area contributed by atoms with Gasteiger partial charge < -0.3 is 9.26 Å². The summed E-state index contributed by atoms with van der Waals surface area (Å²) < 4.78 is 11.7. The van der Waals surface area contributed by atoms with Crippen LogP contribution in [0.5, 0.6) is 0 Å². The summed E-state index contributed by atoms with van der Waals surface area (Å²) in [4.78, 5) is 7.27. The summed E-state index contributed by atoms with van der Waals surface area (Å²) >= 11 is 0. The highest BCUT2D eigenvalue weighted by atomic mass is 16.5. The van der Waals surface area contributed by atoms with Gasteiger partial charge >= 0.3 is 0 Å². The third-order valence-corrected chi connectivity index (χ3v) is 5.48. The monoisotopic (exact) mass is 341 g/mol. The van der Waals surface area contributed by atoms with Gasteiger partial charge in [0, 0.05) is 12.6 Å². The average Bonchev–Trinajstić information content (AvgIpc) is 3.11. The lowest BCUT2D eigenvalue weighted by atomic mass is 9.88. The van der Waals surface area contributed by atoms with Crippen LogP contribution in [-0.4, -0.2) is 40.8 Å². The fourth-order valence-corrected chi connectivity index (χ4v) is 4.12. The molecule has 2 fully saturated rings. The van der Waals surface area contributed by atoms with E-state index in [1.54, 1.807) is 0 Å². The van der Waals surface area contributed by atoms with Crippen molar-refractivity contribution in [1.29, 1.82) is 0 Å². The van der Waals surface area contributed by atoms with Crippen LogP contribution in [0.25, 0.3) is 0 Å². The highest BCUT2D eigenvalue weighted by Gasteiger charge is 2.34. The molecule has 4 rings (SSSR count). The molecule has 2 aromatic rings. The fourth-order valence-electron chi connectivity index (χ4n) is 4.12. The molecule has 0 aliphatic carbocycles. The van der Waals surface area contributed by atoms with Crippen LogP contribution in [0.1, 0.15) is 62.4 Å². The molecule has 0 N–H and O–H groups in total. The van der Waals surface area contributed by atoms with E-state index in [9.17, 15) is 0 Å². The van der Waals surface area contributed by atoms with Crippen LogP contribution in [-0.2, 0) is 4.74 Å². The number of piperidine rings is 1. The predicted molar refractivity (Wildman–Crippen MR) is 95.3 cm³/mol. The van der Waals surface area contributed by atoms with E-state index >= 15 is 0 Å². The standard InChI is InChI=1S/C20H27N3O2/c1-14(2)18(15-8-4-3-5-9-15)20-21-19(22-25-20)17-12-23-11-7-6-10-16(23)13-24-17/h3-5,8-9,14,16-18H,6-7,10-13H2,1-2H3. The number of rotatable bonds is 4. The Bertz CT molecular complexity index is 685. The molecule has 134 valence electrons. The number of ether oxygens (including phenoxy) is 1. The number of benzene rings is 1. The number of fused-ring (bicyclic) bond motifs is 1. The molecule has 3 heterocycles. The molecule has 1 aromatic carbocycles. The minimum atomic E-state index is -0.0737. The first-order chi connectivity index (χ1) is 12.2. The first-order valence-corrected chi connectivity index (χ1v) is 9.46. The highest BCUT2D eigenvalue weighted by molar-refractivity contribution is 5.25. The molecule has 3 unspecified atom stereocenters. The van der Waals surface area contributed by atoms with Gasteiger partial charge in [-0.2, -0.15) is 4.98 Å². The summed E-state index contributed by atoms with van der Waals surface area (Å²) in [5.74, 6) is 1.89.